The maximum atomic E-state index is 12.2. The van der Waals surface area contributed by atoms with Gasteiger partial charge in [-0.25, -0.2) is 0 Å². The molecule has 0 aliphatic heterocycles. The normalized spacial score (nSPS) is 21.2. The van der Waals surface area contributed by atoms with E-state index in [1.165, 1.54) is 5.54 Å². The summed E-state index contributed by atoms with van der Waals surface area (Å²) in [6.07, 6.45) is 6.81. The van der Waals surface area contributed by atoms with E-state index >= 15 is 0 Å². The number of rotatable bonds is 6. The summed E-state index contributed by atoms with van der Waals surface area (Å²) < 4.78 is 0. The Morgan fingerprint density at radius 3 is 2.85 bits per heavy atom. The third kappa shape index (κ3) is 4.53. The van der Waals surface area contributed by atoms with Crippen molar-refractivity contribution in [2.24, 2.45) is 11.1 Å². The molecule has 4 nitrogen and oxygen atoms in total. The van der Waals surface area contributed by atoms with E-state index in [4.69, 9.17) is 16.4 Å². The minimum absolute atomic E-state index is 0.0643. The zero-order valence-corrected chi connectivity index (χ0v) is 12.6. The Morgan fingerprint density at radius 2 is 2.30 bits per heavy atom. The van der Waals surface area contributed by atoms with Gasteiger partial charge in [0.25, 0.3) is 0 Å². The van der Waals surface area contributed by atoms with E-state index in [1.54, 1.807) is 6.08 Å². The molecule has 0 saturated heterocycles. The first-order chi connectivity index (χ1) is 9.63. The van der Waals surface area contributed by atoms with Crippen LogP contribution in [0.1, 0.15) is 33.1 Å². The van der Waals surface area contributed by atoms with Gasteiger partial charge < -0.3 is 9.94 Å². The Kier molecular flexibility index (Phi) is 7.09. The lowest BCUT2D eigenvalue weighted by Crippen LogP contribution is -2.23. The SMILES string of the molecule is CC=CC1CC(=O)C(C(CC)=NOCC=CCl)=C(O)C1. The van der Waals surface area contributed by atoms with E-state index < -0.39 is 0 Å². The van der Waals surface area contributed by atoms with Crippen molar-refractivity contribution in [1.29, 1.82) is 0 Å². The molecule has 0 amide bonds. The molecule has 0 fully saturated rings. The molecule has 0 radical (unpaired) electrons. The van der Waals surface area contributed by atoms with Gasteiger partial charge in [-0.2, -0.15) is 0 Å². The highest BCUT2D eigenvalue weighted by atomic mass is 35.5. The summed E-state index contributed by atoms with van der Waals surface area (Å²) in [6.45, 7) is 4.00. The molecule has 0 aromatic carbocycles. The molecule has 1 atom stereocenters. The third-order valence-electron chi connectivity index (χ3n) is 2.99. The summed E-state index contributed by atoms with van der Waals surface area (Å²) in [5, 5.41) is 14.0. The predicted molar refractivity (Wildman–Crippen MR) is 80.9 cm³/mol. The largest absolute Gasteiger partial charge is 0.511 e. The minimum Gasteiger partial charge on any atom is -0.511 e. The van der Waals surface area contributed by atoms with Gasteiger partial charge in [-0.3, -0.25) is 4.79 Å². The van der Waals surface area contributed by atoms with E-state index in [-0.39, 0.29) is 24.1 Å². The number of aliphatic hydroxyl groups is 1. The molecule has 0 heterocycles. The Bertz CT molecular complexity index is 464. The molecule has 110 valence electrons. The lowest BCUT2D eigenvalue weighted by atomic mass is 9.84. The standard InChI is InChI=1S/C15H20ClNO3/c1-3-6-11-9-13(18)15(14(19)10-11)12(4-2)17-20-8-5-7-16/h3,5-7,11,18H,4,8-10H2,1-2H3. The van der Waals surface area contributed by atoms with Crippen LogP contribution in [0.2, 0.25) is 0 Å². The summed E-state index contributed by atoms with van der Waals surface area (Å²) >= 11 is 5.37. The predicted octanol–water partition coefficient (Wildman–Crippen LogP) is 3.89. The molecule has 20 heavy (non-hydrogen) atoms. The highest BCUT2D eigenvalue weighted by molar-refractivity contribution is 6.25. The zero-order chi connectivity index (χ0) is 15.0. The number of oxime groups is 1. The van der Waals surface area contributed by atoms with Gasteiger partial charge in [0.05, 0.1) is 11.3 Å². The number of ketones is 1. The maximum Gasteiger partial charge on any atom is 0.168 e. The van der Waals surface area contributed by atoms with E-state index in [9.17, 15) is 9.90 Å². The summed E-state index contributed by atoms with van der Waals surface area (Å²) in [6, 6.07) is 0. The maximum absolute atomic E-state index is 12.2. The van der Waals surface area contributed by atoms with Gasteiger partial charge in [0.1, 0.15) is 12.4 Å². The van der Waals surface area contributed by atoms with Gasteiger partial charge in [0, 0.05) is 18.4 Å². The molecule has 0 saturated carbocycles. The number of halogens is 1. The molecule has 0 bridgehead atoms. The number of carbonyl (C=O) groups is 1. The van der Waals surface area contributed by atoms with Crippen LogP contribution < -0.4 is 0 Å². The first-order valence-electron chi connectivity index (χ1n) is 6.66. The molecule has 5 heteroatoms. The number of aliphatic hydroxyl groups excluding tert-OH is 1. The molecule has 0 aromatic heterocycles. The van der Waals surface area contributed by atoms with Crippen LogP contribution in [0.5, 0.6) is 0 Å². The molecule has 1 rings (SSSR count). The van der Waals surface area contributed by atoms with Crippen molar-refractivity contribution in [3.05, 3.63) is 35.1 Å². The lowest BCUT2D eigenvalue weighted by Gasteiger charge is -2.21. The molecular formula is C15H20ClNO3. The first-order valence-corrected chi connectivity index (χ1v) is 7.10. The van der Waals surface area contributed by atoms with Crippen molar-refractivity contribution in [2.45, 2.75) is 33.1 Å². The van der Waals surface area contributed by atoms with Crippen molar-refractivity contribution in [2.75, 3.05) is 6.61 Å². The van der Waals surface area contributed by atoms with Gasteiger partial charge in [0.2, 0.25) is 0 Å². The van der Waals surface area contributed by atoms with E-state index in [0.717, 1.165) is 0 Å². The van der Waals surface area contributed by atoms with Crippen LogP contribution in [0.25, 0.3) is 0 Å². The first kappa shape index (κ1) is 16.5. The molecule has 1 unspecified atom stereocenters. The third-order valence-corrected chi connectivity index (χ3v) is 3.17. The van der Waals surface area contributed by atoms with Gasteiger partial charge in [0.15, 0.2) is 5.78 Å². The average molecular weight is 298 g/mol. The molecule has 1 aliphatic carbocycles. The van der Waals surface area contributed by atoms with Crippen LogP contribution in [0.15, 0.2) is 40.3 Å². The highest BCUT2D eigenvalue weighted by Crippen LogP contribution is 2.28. The fourth-order valence-electron chi connectivity index (χ4n) is 2.14. The van der Waals surface area contributed by atoms with Crippen LogP contribution >= 0.6 is 11.6 Å². The van der Waals surface area contributed by atoms with Gasteiger partial charge in [-0.1, -0.05) is 35.8 Å². The Morgan fingerprint density at radius 1 is 1.55 bits per heavy atom. The number of nitrogens with zero attached hydrogens (tertiary/aromatic N) is 1. The monoisotopic (exact) mass is 297 g/mol. The minimum atomic E-state index is -0.0889. The van der Waals surface area contributed by atoms with Crippen molar-refractivity contribution >= 4 is 23.1 Å². The Hall–Kier alpha value is -1.55. The van der Waals surface area contributed by atoms with Crippen molar-refractivity contribution in [1.82, 2.24) is 0 Å². The smallest absolute Gasteiger partial charge is 0.168 e. The van der Waals surface area contributed by atoms with Crippen LogP contribution in [-0.4, -0.2) is 23.2 Å². The summed E-state index contributed by atoms with van der Waals surface area (Å²) in [5.74, 6) is 0.0739. The lowest BCUT2D eigenvalue weighted by molar-refractivity contribution is -0.116. The van der Waals surface area contributed by atoms with Crippen LogP contribution in [0.4, 0.5) is 0 Å². The van der Waals surface area contributed by atoms with Crippen LogP contribution in [-0.2, 0) is 9.63 Å². The van der Waals surface area contributed by atoms with E-state index in [2.05, 4.69) is 5.16 Å². The van der Waals surface area contributed by atoms with Gasteiger partial charge >= 0.3 is 0 Å². The molecular weight excluding hydrogens is 278 g/mol. The van der Waals surface area contributed by atoms with Gasteiger partial charge in [-0.05, 0) is 25.3 Å². The Labute approximate surface area is 124 Å². The van der Waals surface area contributed by atoms with Crippen LogP contribution in [0.3, 0.4) is 0 Å². The molecule has 0 aromatic rings. The summed E-state index contributed by atoms with van der Waals surface area (Å²) in [4.78, 5) is 17.2. The fraction of sp³-hybridized carbons (Fsp3) is 0.467. The number of carbonyl (C=O) groups excluding carboxylic acids is 1. The van der Waals surface area contributed by atoms with E-state index in [0.29, 0.717) is 30.5 Å². The van der Waals surface area contributed by atoms with Gasteiger partial charge in [-0.15, -0.1) is 0 Å². The quantitative estimate of drug-likeness (QED) is 0.350. The second-order valence-electron chi connectivity index (χ2n) is 4.49. The number of allylic oxidation sites excluding steroid dienone is 4. The average Bonchev–Trinajstić information content (AvgIpc) is 2.41. The highest BCUT2D eigenvalue weighted by Gasteiger charge is 2.29. The van der Waals surface area contributed by atoms with Crippen molar-refractivity contribution in [3.8, 4) is 0 Å². The number of Topliss-reactive ketones (excluding diaryl/α,β-unsaturated/α-hetero) is 1. The molecule has 1 aliphatic rings. The summed E-state index contributed by atoms with van der Waals surface area (Å²) in [5.41, 5.74) is 2.13. The van der Waals surface area contributed by atoms with Crippen LogP contribution in [0, 0.1) is 5.92 Å². The number of hydrogen-bond acceptors (Lipinski definition) is 4. The molecule has 0 spiro atoms. The Balaban J connectivity index is 2.90. The fourth-order valence-corrected chi connectivity index (χ4v) is 2.21. The van der Waals surface area contributed by atoms with Crippen molar-refractivity contribution in [3.63, 3.8) is 0 Å². The second kappa shape index (κ2) is 8.59. The second-order valence-corrected chi connectivity index (χ2v) is 4.74. The topological polar surface area (TPSA) is 58.9 Å². The molecule has 1 N–H and O–H groups in total. The number of hydrogen-bond donors (Lipinski definition) is 1. The zero-order valence-electron chi connectivity index (χ0n) is 11.8. The summed E-state index contributed by atoms with van der Waals surface area (Å²) in [7, 11) is 0. The van der Waals surface area contributed by atoms with E-state index in [1.807, 2.05) is 26.0 Å². The van der Waals surface area contributed by atoms with Crippen molar-refractivity contribution < 1.29 is 14.7 Å².